The summed E-state index contributed by atoms with van der Waals surface area (Å²) in [5.41, 5.74) is 7.30. The first kappa shape index (κ1) is 16.0. The zero-order chi connectivity index (χ0) is 14.4. The van der Waals surface area contributed by atoms with Crippen LogP contribution in [-0.4, -0.2) is 19.6 Å². The fraction of sp³-hybridized carbons (Fsp3) is 0.500. The van der Waals surface area contributed by atoms with Gasteiger partial charge in [0.15, 0.2) is 0 Å². The molecule has 0 heterocycles. The van der Waals surface area contributed by atoms with Crippen molar-refractivity contribution < 1.29 is 9.53 Å². The van der Waals surface area contributed by atoms with Crippen LogP contribution in [0.5, 0.6) is 5.75 Å². The van der Waals surface area contributed by atoms with Crippen molar-refractivity contribution in [2.24, 2.45) is 11.7 Å². The van der Waals surface area contributed by atoms with Crippen LogP contribution in [0.15, 0.2) is 16.6 Å². The molecule has 106 valence electrons. The molecule has 1 rings (SSSR count). The molecule has 0 saturated heterocycles. The highest BCUT2D eigenvalue weighted by Crippen LogP contribution is 2.32. The molecule has 0 bridgehead atoms. The van der Waals surface area contributed by atoms with Gasteiger partial charge >= 0.3 is 0 Å². The van der Waals surface area contributed by atoms with Crippen LogP contribution in [0.3, 0.4) is 0 Å². The first-order valence-electron chi connectivity index (χ1n) is 6.35. The Balaban J connectivity index is 2.84. The van der Waals surface area contributed by atoms with E-state index in [0.717, 1.165) is 22.1 Å². The van der Waals surface area contributed by atoms with Gasteiger partial charge in [-0.15, -0.1) is 0 Å². The monoisotopic (exact) mass is 328 g/mol. The zero-order valence-electron chi connectivity index (χ0n) is 11.6. The van der Waals surface area contributed by atoms with Crippen molar-refractivity contribution in [1.29, 1.82) is 0 Å². The summed E-state index contributed by atoms with van der Waals surface area (Å²) in [6.45, 7) is 4.50. The lowest BCUT2D eigenvalue weighted by atomic mass is 10.0. The van der Waals surface area contributed by atoms with E-state index in [-0.39, 0.29) is 11.8 Å². The molecule has 1 atom stereocenters. The number of rotatable bonds is 6. The number of nitrogens with two attached hydrogens (primary N) is 1. The molecule has 1 amide bonds. The maximum absolute atomic E-state index is 12.0. The molecule has 0 aromatic heterocycles. The number of carbonyl (C=O) groups excluding carboxylic acids is 1. The topological polar surface area (TPSA) is 64.4 Å². The van der Waals surface area contributed by atoms with Crippen LogP contribution in [0, 0.1) is 12.8 Å². The minimum Gasteiger partial charge on any atom is -0.495 e. The van der Waals surface area contributed by atoms with Gasteiger partial charge in [0, 0.05) is 10.9 Å². The van der Waals surface area contributed by atoms with Gasteiger partial charge in [-0.1, -0.05) is 29.3 Å². The molecule has 0 spiro atoms. The summed E-state index contributed by atoms with van der Waals surface area (Å²) in [6.07, 6.45) is 1.34. The number of methoxy groups -OCH3 is 1. The van der Waals surface area contributed by atoms with Gasteiger partial charge in [0.25, 0.3) is 0 Å². The molecule has 19 heavy (non-hydrogen) atoms. The Morgan fingerprint density at radius 2 is 2.21 bits per heavy atom. The number of halogens is 1. The van der Waals surface area contributed by atoms with E-state index in [2.05, 4.69) is 21.2 Å². The van der Waals surface area contributed by atoms with Crippen molar-refractivity contribution in [2.45, 2.75) is 26.7 Å². The number of hydrogen-bond donors (Lipinski definition) is 2. The molecule has 0 aliphatic heterocycles. The molecule has 1 unspecified atom stereocenters. The first-order chi connectivity index (χ1) is 9.01. The summed E-state index contributed by atoms with van der Waals surface area (Å²) in [4.78, 5) is 12.0. The Bertz CT molecular complexity index is 445. The quantitative estimate of drug-likeness (QED) is 0.843. The summed E-state index contributed by atoms with van der Waals surface area (Å²) < 4.78 is 6.22. The highest BCUT2D eigenvalue weighted by molar-refractivity contribution is 9.10. The molecule has 0 radical (unpaired) electrons. The SMILES string of the molecule is CCC(CN)CC(=O)Nc1c(C)cc(Br)cc1OC. The lowest BCUT2D eigenvalue weighted by molar-refractivity contribution is -0.117. The van der Waals surface area contributed by atoms with Gasteiger partial charge < -0.3 is 15.8 Å². The highest BCUT2D eigenvalue weighted by Gasteiger charge is 2.14. The maximum Gasteiger partial charge on any atom is 0.224 e. The van der Waals surface area contributed by atoms with E-state index >= 15 is 0 Å². The van der Waals surface area contributed by atoms with Gasteiger partial charge in [-0.25, -0.2) is 0 Å². The van der Waals surface area contributed by atoms with Crippen LogP contribution in [0.25, 0.3) is 0 Å². The second kappa shape index (κ2) is 7.50. The second-order valence-corrected chi connectivity index (χ2v) is 5.48. The molecule has 0 fully saturated rings. The van der Waals surface area contributed by atoms with E-state index < -0.39 is 0 Å². The Hall–Kier alpha value is -1.07. The lowest BCUT2D eigenvalue weighted by Gasteiger charge is -2.16. The fourth-order valence-corrected chi connectivity index (χ4v) is 2.43. The van der Waals surface area contributed by atoms with Crippen LogP contribution in [0.4, 0.5) is 5.69 Å². The molecule has 3 N–H and O–H groups in total. The van der Waals surface area contributed by atoms with Gasteiger partial charge in [-0.05, 0) is 37.1 Å². The number of aryl methyl sites for hydroxylation is 1. The fourth-order valence-electron chi connectivity index (χ4n) is 1.88. The molecule has 1 aromatic rings. The van der Waals surface area contributed by atoms with Crippen molar-refractivity contribution in [3.8, 4) is 5.75 Å². The number of benzene rings is 1. The van der Waals surface area contributed by atoms with Crippen LogP contribution in [-0.2, 0) is 4.79 Å². The third kappa shape index (κ3) is 4.51. The minimum absolute atomic E-state index is 0.0268. The lowest BCUT2D eigenvalue weighted by Crippen LogP contribution is -2.22. The minimum atomic E-state index is -0.0268. The van der Waals surface area contributed by atoms with Crippen molar-refractivity contribution in [3.63, 3.8) is 0 Å². The van der Waals surface area contributed by atoms with Crippen LogP contribution in [0.1, 0.15) is 25.3 Å². The summed E-state index contributed by atoms with van der Waals surface area (Å²) in [5, 5.41) is 2.92. The van der Waals surface area contributed by atoms with Crippen LogP contribution in [0.2, 0.25) is 0 Å². The van der Waals surface area contributed by atoms with Gasteiger partial charge in [-0.3, -0.25) is 4.79 Å². The molecular formula is C14H21BrN2O2. The van der Waals surface area contributed by atoms with Gasteiger partial charge in [0.2, 0.25) is 5.91 Å². The third-order valence-corrected chi connectivity index (χ3v) is 3.59. The van der Waals surface area contributed by atoms with Gasteiger partial charge in [0.1, 0.15) is 5.75 Å². The smallest absolute Gasteiger partial charge is 0.224 e. The largest absolute Gasteiger partial charge is 0.495 e. The van der Waals surface area contributed by atoms with Gasteiger partial charge in [-0.2, -0.15) is 0 Å². The maximum atomic E-state index is 12.0. The summed E-state index contributed by atoms with van der Waals surface area (Å²) in [6, 6.07) is 3.78. The van der Waals surface area contributed by atoms with E-state index in [9.17, 15) is 4.79 Å². The van der Waals surface area contributed by atoms with Crippen LogP contribution >= 0.6 is 15.9 Å². The Morgan fingerprint density at radius 3 is 2.74 bits per heavy atom. The Kier molecular flexibility index (Phi) is 6.31. The summed E-state index contributed by atoms with van der Waals surface area (Å²) in [7, 11) is 1.59. The molecular weight excluding hydrogens is 308 g/mol. The molecule has 4 nitrogen and oxygen atoms in total. The average Bonchev–Trinajstić information content (AvgIpc) is 2.38. The Morgan fingerprint density at radius 1 is 1.53 bits per heavy atom. The van der Waals surface area contributed by atoms with E-state index in [1.54, 1.807) is 7.11 Å². The molecule has 0 saturated carbocycles. The number of carbonyl (C=O) groups is 1. The molecule has 5 heteroatoms. The van der Waals surface area contributed by atoms with Crippen molar-refractivity contribution >= 4 is 27.5 Å². The average molecular weight is 329 g/mol. The van der Waals surface area contributed by atoms with E-state index in [4.69, 9.17) is 10.5 Å². The van der Waals surface area contributed by atoms with Crippen molar-refractivity contribution in [3.05, 3.63) is 22.2 Å². The van der Waals surface area contributed by atoms with E-state index in [1.807, 2.05) is 26.0 Å². The second-order valence-electron chi connectivity index (χ2n) is 4.56. The van der Waals surface area contributed by atoms with Crippen molar-refractivity contribution in [2.75, 3.05) is 19.0 Å². The number of ether oxygens (including phenoxy) is 1. The Labute approximate surface area is 122 Å². The van der Waals surface area contributed by atoms with E-state index in [0.29, 0.717) is 18.7 Å². The predicted octanol–water partition coefficient (Wildman–Crippen LogP) is 3.08. The zero-order valence-corrected chi connectivity index (χ0v) is 13.2. The number of anilines is 1. The highest BCUT2D eigenvalue weighted by atomic mass is 79.9. The number of nitrogens with one attached hydrogen (secondary N) is 1. The molecule has 0 aliphatic carbocycles. The third-order valence-electron chi connectivity index (χ3n) is 3.13. The summed E-state index contributed by atoms with van der Waals surface area (Å²) in [5.74, 6) is 0.851. The summed E-state index contributed by atoms with van der Waals surface area (Å²) >= 11 is 3.41. The predicted molar refractivity (Wildman–Crippen MR) is 81.5 cm³/mol. The molecule has 1 aromatic carbocycles. The first-order valence-corrected chi connectivity index (χ1v) is 7.15. The number of amides is 1. The van der Waals surface area contributed by atoms with Gasteiger partial charge in [0.05, 0.1) is 12.8 Å². The standard InChI is InChI=1S/C14H21BrN2O2/c1-4-10(8-16)6-13(18)17-14-9(2)5-11(15)7-12(14)19-3/h5,7,10H,4,6,8,16H2,1-3H3,(H,17,18). The molecule has 0 aliphatic rings. The normalized spacial score (nSPS) is 12.1. The number of hydrogen-bond acceptors (Lipinski definition) is 3. The van der Waals surface area contributed by atoms with Crippen LogP contribution < -0.4 is 15.8 Å². The van der Waals surface area contributed by atoms with Crippen molar-refractivity contribution in [1.82, 2.24) is 0 Å². The van der Waals surface area contributed by atoms with E-state index in [1.165, 1.54) is 0 Å².